The zero-order valence-corrected chi connectivity index (χ0v) is 23.4. The number of benzene rings is 1. The molecule has 1 atom stereocenters. The number of hydrogen-bond acceptors (Lipinski definition) is 1. The van der Waals surface area contributed by atoms with E-state index in [1.807, 2.05) is 34.6 Å². The normalized spacial score (nSPS) is 14.7. The molecule has 1 rings (SSSR count). The van der Waals surface area contributed by atoms with Crippen LogP contribution in [0.25, 0.3) is 0 Å². The molecule has 7 heteroatoms. The lowest BCUT2D eigenvalue weighted by Crippen LogP contribution is -2.53. The van der Waals surface area contributed by atoms with Crippen molar-refractivity contribution in [2.45, 2.75) is 122 Å². The van der Waals surface area contributed by atoms with Crippen molar-refractivity contribution in [1.29, 1.82) is 0 Å². The molecule has 0 radical (unpaired) electrons. The monoisotopic (exact) mass is 492 g/mol. The van der Waals surface area contributed by atoms with Gasteiger partial charge in [0.05, 0.1) is 8.07 Å². The van der Waals surface area contributed by atoms with Crippen molar-refractivity contribution in [3.05, 3.63) is 29.3 Å². The number of halogens is 4. The Labute approximate surface area is 195 Å². The molecule has 0 aliphatic carbocycles. The topological polar surface area (TPSA) is 9.23 Å². The van der Waals surface area contributed by atoms with Crippen molar-refractivity contribution >= 4 is 16.4 Å². The first-order valence-corrected chi connectivity index (χ1v) is 17.3. The van der Waals surface area contributed by atoms with Crippen LogP contribution in [0.5, 0.6) is 5.75 Å². The molecule has 1 aromatic rings. The van der Waals surface area contributed by atoms with Gasteiger partial charge in [-0.15, -0.1) is 0 Å². The molecule has 0 spiro atoms. The minimum atomic E-state index is -2.85. The van der Waals surface area contributed by atoms with E-state index in [4.69, 9.17) is 4.43 Å². The van der Waals surface area contributed by atoms with Crippen LogP contribution in [0.1, 0.15) is 81.1 Å². The Kier molecular flexibility index (Phi) is 11.0. The van der Waals surface area contributed by atoms with Crippen LogP contribution in [0, 0.1) is 23.3 Å². The van der Waals surface area contributed by atoms with Crippen LogP contribution < -0.4 is 4.43 Å². The first-order valence-electron chi connectivity index (χ1n) is 12.3. The van der Waals surface area contributed by atoms with Gasteiger partial charge >= 0.3 is 0 Å². The molecule has 0 heterocycles. The Morgan fingerprint density at radius 1 is 0.781 bits per heavy atom. The quantitative estimate of drug-likeness (QED) is 0.115. The number of rotatable bonds is 13. The summed E-state index contributed by atoms with van der Waals surface area (Å²) in [6.45, 7) is 17.0. The van der Waals surface area contributed by atoms with E-state index in [-0.39, 0.29) is 16.6 Å². The van der Waals surface area contributed by atoms with Gasteiger partial charge in [-0.2, -0.15) is 8.78 Å². The lowest BCUT2D eigenvalue weighted by molar-refractivity contribution is 0.365. The summed E-state index contributed by atoms with van der Waals surface area (Å²) in [6.07, 6.45) is 4.29. The first kappa shape index (κ1) is 29.2. The third-order valence-corrected chi connectivity index (χ3v) is 19.8. The van der Waals surface area contributed by atoms with Gasteiger partial charge in [-0.25, -0.2) is 8.78 Å². The highest BCUT2D eigenvalue weighted by atomic mass is 28.4. The molecule has 0 aromatic heterocycles. The van der Waals surface area contributed by atoms with Gasteiger partial charge in [-0.1, -0.05) is 105 Å². The summed E-state index contributed by atoms with van der Waals surface area (Å²) in [5, 5.41) is -0.364. The average Bonchev–Trinajstić information content (AvgIpc) is 2.72. The van der Waals surface area contributed by atoms with E-state index in [2.05, 4.69) is 20.8 Å². The summed E-state index contributed by atoms with van der Waals surface area (Å²) in [5.74, 6) is -6.61. The molecule has 0 saturated carbocycles. The third kappa shape index (κ3) is 6.61. The van der Waals surface area contributed by atoms with Gasteiger partial charge in [0.15, 0.2) is 17.4 Å². The molecule has 0 N–H and O–H groups in total. The highest BCUT2D eigenvalue weighted by Crippen LogP contribution is 2.49. The van der Waals surface area contributed by atoms with Crippen molar-refractivity contribution in [3.63, 3.8) is 0 Å². The molecule has 0 aliphatic heterocycles. The van der Waals surface area contributed by atoms with E-state index in [0.717, 1.165) is 19.3 Å². The van der Waals surface area contributed by atoms with E-state index >= 15 is 0 Å². The zero-order valence-electron chi connectivity index (χ0n) is 21.4. The van der Waals surface area contributed by atoms with Gasteiger partial charge in [-0.05, 0) is 16.6 Å². The highest BCUT2D eigenvalue weighted by molar-refractivity contribution is 6.79. The molecule has 1 aromatic carbocycles. The smallest absolute Gasteiger partial charge is 0.259 e. The average molecular weight is 493 g/mol. The van der Waals surface area contributed by atoms with Crippen LogP contribution in [-0.4, -0.2) is 16.4 Å². The van der Waals surface area contributed by atoms with Crippen molar-refractivity contribution < 1.29 is 22.0 Å². The van der Waals surface area contributed by atoms with Crippen molar-refractivity contribution in [2.24, 2.45) is 0 Å². The molecule has 32 heavy (non-hydrogen) atoms. The predicted octanol–water partition coefficient (Wildman–Crippen LogP) is 9.85. The Morgan fingerprint density at radius 2 is 1.22 bits per heavy atom. The summed E-state index contributed by atoms with van der Waals surface area (Å²) >= 11 is 0. The van der Waals surface area contributed by atoms with Crippen molar-refractivity contribution in [2.75, 3.05) is 0 Å². The zero-order chi connectivity index (χ0) is 24.7. The van der Waals surface area contributed by atoms with E-state index in [9.17, 15) is 17.6 Å². The second kappa shape index (κ2) is 12.0. The minimum absolute atomic E-state index is 0.0213. The Hall–Kier alpha value is -0.826. The molecule has 1 unspecified atom stereocenters. The Morgan fingerprint density at radius 3 is 1.59 bits per heavy atom. The van der Waals surface area contributed by atoms with E-state index < -0.39 is 45.4 Å². The molecule has 0 amide bonds. The Balaban J connectivity index is 2.99. The number of unbranched alkanes of at least 4 members (excludes halogenated alkanes) is 3. The van der Waals surface area contributed by atoms with E-state index in [1.54, 1.807) is 0 Å². The highest BCUT2D eigenvalue weighted by Gasteiger charge is 2.51. The molecule has 0 saturated heterocycles. The molecule has 1 nitrogen and oxygen atoms in total. The number of hydrogen-bond donors (Lipinski definition) is 0. The fourth-order valence-corrected chi connectivity index (χ4v) is 13.8. The maximum atomic E-state index is 14.4. The van der Waals surface area contributed by atoms with Crippen molar-refractivity contribution in [1.82, 2.24) is 0 Å². The second-order valence-electron chi connectivity index (χ2n) is 10.7. The predicted molar refractivity (Wildman–Crippen MR) is 133 cm³/mol. The van der Waals surface area contributed by atoms with Gasteiger partial charge in [0, 0.05) is 6.07 Å². The fourth-order valence-electron chi connectivity index (χ4n) is 5.20. The van der Waals surface area contributed by atoms with Crippen LogP contribution in [0.15, 0.2) is 6.07 Å². The van der Waals surface area contributed by atoms with E-state index in [0.29, 0.717) is 6.04 Å². The van der Waals surface area contributed by atoms with Gasteiger partial charge in [0.1, 0.15) is 0 Å². The SMILES string of the molecule is CC[Si](CC)(CC)CCCCCC[Si](Oc1c(F)c(F)cc(F)c1F)(C(C)C)C(C)(C)C. The molecule has 0 bridgehead atoms. The van der Waals surface area contributed by atoms with Crippen LogP contribution in [0.2, 0.25) is 40.8 Å². The van der Waals surface area contributed by atoms with Crippen LogP contribution in [0.3, 0.4) is 0 Å². The summed E-state index contributed by atoms with van der Waals surface area (Å²) in [7, 11) is -3.95. The van der Waals surface area contributed by atoms with Crippen LogP contribution in [0.4, 0.5) is 17.6 Å². The lowest BCUT2D eigenvalue weighted by Gasteiger charge is -2.45. The first-order chi connectivity index (χ1) is 14.8. The lowest BCUT2D eigenvalue weighted by atomic mass is 10.2. The van der Waals surface area contributed by atoms with Gasteiger partial charge in [0.2, 0.25) is 11.6 Å². The summed E-state index contributed by atoms with van der Waals surface area (Å²) in [5.41, 5.74) is 0.0213. The van der Waals surface area contributed by atoms with Gasteiger partial charge in [-0.3, -0.25) is 0 Å². The summed E-state index contributed by atoms with van der Waals surface area (Å²) in [6, 6.07) is 6.30. The molecular formula is C25H44F4OSi2. The molecule has 0 fully saturated rings. The minimum Gasteiger partial charge on any atom is -0.539 e. The fraction of sp³-hybridized carbons (Fsp3) is 0.760. The third-order valence-electron chi connectivity index (χ3n) is 7.81. The molecule has 186 valence electrons. The van der Waals surface area contributed by atoms with Gasteiger partial charge < -0.3 is 4.43 Å². The second-order valence-corrected chi connectivity index (χ2v) is 21.4. The van der Waals surface area contributed by atoms with Crippen LogP contribution in [-0.2, 0) is 0 Å². The molecular weight excluding hydrogens is 448 g/mol. The van der Waals surface area contributed by atoms with Crippen molar-refractivity contribution in [3.8, 4) is 5.75 Å². The van der Waals surface area contributed by atoms with Gasteiger partial charge in [0.25, 0.3) is 8.32 Å². The Bertz CT molecular complexity index is 695. The molecule has 0 aliphatic rings. The van der Waals surface area contributed by atoms with E-state index in [1.165, 1.54) is 30.6 Å². The summed E-state index contributed by atoms with van der Waals surface area (Å²) in [4.78, 5) is 0. The standard InChI is InChI=1S/C25H44F4OSi2/c1-9-31(10-2,11-3)16-14-12-13-15-17-32(19(4)5,25(6,7)8)30-24-22(28)20(26)18-21(27)23(24)29/h18-19H,9-17H2,1-8H3. The van der Waals surface area contributed by atoms with Crippen LogP contribution >= 0.6 is 0 Å². The largest absolute Gasteiger partial charge is 0.539 e. The maximum Gasteiger partial charge on any atom is 0.259 e. The summed E-state index contributed by atoms with van der Waals surface area (Å²) < 4.78 is 62.6. The maximum absolute atomic E-state index is 14.4.